The number of hydrogen-bond acceptors (Lipinski definition) is 6. The van der Waals surface area contributed by atoms with Crippen LogP contribution in [0.5, 0.6) is 11.5 Å². The Morgan fingerprint density at radius 2 is 1.70 bits per heavy atom. The molecule has 0 amide bonds. The van der Waals surface area contributed by atoms with E-state index in [9.17, 15) is 9.59 Å². The second-order valence-electron chi connectivity index (χ2n) is 11.1. The Morgan fingerprint density at radius 3 is 2.36 bits per heavy atom. The van der Waals surface area contributed by atoms with Gasteiger partial charge in [-0.3, -0.25) is 9.59 Å². The molecule has 3 heterocycles. The Morgan fingerprint density at radius 1 is 1.03 bits per heavy atom. The highest BCUT2D eigenvalue weighted by molar-refractivity contribution is 6.74. The van der Waals surface area contributed by atoms with E-state index in [1.807, 2.05) is 24.3 Å². The molecule has 7 heteroatoms. The summed E-state index contributed by atoms with van der Waals surface area (Å²) in [4.78, 5) is 25.4. The number of rotatable bonds is 4. The van der Waals surface area contributed by atoms with Crippen LogP contribution in [0.1, 0.15) is 69.0 Å². The molecule has 0 N–H and O–H groups in total. The number of ether oxygens (including phenoxy) is 3. The summed E-state index contributed by atoms with van der Waals surface area (Å²) in [6, 6.07) is 7.81. The second-order valence-corrected chi connectivity index (χ2v) is 15.8. The van der Waals surface area contributed by atoms with E-state index < -0.39 is 14.4 Å². The van der Waals surface area contributed by atoms with Crippen LogP contribution >= 0.6 is 0 Å². The molecule has 3 aliphatic rings. The Bertz CT molecular complexity index is 1150. The largest absolute Gasteiger partial charge is 0.488 e. The van der Waals surface area contributed by atoms with E-state index in [0.717, 1.165) is 10.8 Å². The maximum Gasteiger partial charge on any atom is 0.310 e. The van der Waals surface area contributed by atoms with Gasteiger partial charge >= 0.3 is 5.97 Å². The molecule has 0 spiro atoms. The molecule has 176 valence electrons. The monoisotopic (exact) mass is 468 g/mol. The van der Waals surface area contributed by atoms with Crippen molar-refractivity contribution in [3.63, 3.8) is 0 Å². The first-order valence-electron chi connectivity index (χ1n) is 11.8. The van der Waals surface area contributed by atoms with E-state index in [1.54, 1.807) is 0 Å². The number of carbonyl (C=O) groups excluding carboxylic acids is 2. The van der Waals surface area contributed by atoms with Crippen molar-refractivity contribution in [2.75, 3.05) is 0 Å². The molecule has 1 saturated heterocycles. The number of carbonyl (C=O) groups is 2. The van der Waals surface area contributed by atoms with Crippen molar-refractivity contribution < 1.29 is 28.2 Å². The molecular formula is C26H32O6Si. The molecule has 0 bridgehead atoms. The lowest BCUT2D eigenvalue weighted by molar-refractivity contribution is -0.141. The van der Waals surface area contributed by atoms with Crippen molar-refractivity contribution in [1.29, 1.82) is 0 Å². The van der Waals surface area contributed by atoms with Gasteiger partial charge in [-0.25, -0.2) is 0 Å². The quantitative estimate of drug-likeness (QED) is 0.422. The third kappa shape index (κ3) is 3.65. The molecule has 33 heavy (non-hydrogen) atoms. The maximum absolute atomic E-state index is 13.5. The summed E-state index contributed by atoms with van der Waals surface area (Å²) in [5, 5.41) is 1.85. The summed E-state index contributed by atoms with van der Waals surface area (Å²) in [6.07, 6.45) is -0.108. The number of hydrogen-bond donors (Lipinski definition) is 0. The van der Waals surface area contributed by atoms with E-state index >= 15 is 0 Å². The Hall–Kier alpha value is -2.38. The molecule has 0 aliphatic carbocycles. The van der Waals surface area contributed by atoms with Crippen LogP contribution in [0, 0.1) is 0 Å². The first kappa shape index (κ1) is 22.4. The number of ketones is 1. The van der Waals surface area contributed by atoms with E-state index in [0.29, 0.717) is 29.0 Å². The summed E-state index contributed by atoms with van der Waals surface area (Å²) >= 11 is 0. The van der Waals surface area contributed by atoms with Gasteiger partial charge < -0.3 is 18.6 Å². The van der Waals surface area contributed by atoms with E-state index in [-0.39, 0.29) is 47.9 Å². The lowest BCUT2D eigenvalue weighted by Crippen LogP contribution is -2.44. The normalized spacial score (nSPS) is 25.1. The molecular weight excluding hydrogens is 436 g/mol. The number of benzene rings is 2. The van der Waals surface area contributed by atoms with Gasteiger partial charge in [-0.2, -0.15) is 0 Å². The van der Waals surface area contributed by atoms with Crippen LogP contribution in [0.3, 0.4) is 0 Å². The van der Waals surface area contributed by atoms with Crippen molar-refractivity contribution >= 4 is 30.8 Å². The number of fused-ring (bicyclic) bond motifs is 8. The molecule has 0 radical (unpaired) electrons. The molecule has 2 aromatic rings. The van der Waals surface area contributed by atoms with Gasteiger partial charge in [-0.1, -0.05) is 45.0 Å². The maximum atomic E-state index is 13.5. The van der Waals surface area contributed by atoms with E-state index in [2.05, 4.69) is 40.8 Å². The smallest absolute Gasteiger partial charge is 0.310 e. The third-order valence-electron chi connectivity index (χ3n) is 7.55. The van der Waals surface area contributed by atoms with Crippen molar-refractivity contribution in [2.24, 2.45) is 0 Å². The highest BCUT2D eigenvalue weighted by Crippen LogP contribution is 2.54. The van der Waals surface area contributed by atoms with Crippen molar-refractivity contribution in [2.45, 2.75) is 89.5 Å². The van der Waals surface area contributed by atoms with Gasteiger partial charge in [-0.05, 0) is 25.1 Å². The highest BCUT2D eigenvalue weighted by atomic mass is 28.4. The summed E-state index contributed by atoms with van der Waals surface area (Å²) in [6.45, 7) is 13.2. The van der Waals surface area contributed by atoms with Crippen LogP contribution in [0.4, 0.5) is 0 Å². The zero-order valence-corrected chi connectivity index (χ0v) is 21.2. The van der Waals surface area contributed by atoms with Gasteiger partial charge in [0.25, 0.3) is 0 Å². The van der Waals surface area contributed by atoms with E-state index in [1.165, 1.54) is 0 Å². The average Bonchev–Trinajstić information content (AvgIpc) is 3.23. The topological polar surface area (TPSA) is 71.1 Å². The van der Waals surface area contributed by atoms with Gasteiger partial charge in [0.2, 0.25) is 0 Å². The standard InChI is InChI=1S/C26H32O6Si/c1-14(32-33(5,6)26(2,3)4)11-15-12-18(27)21-22-24(30-19-13-20(28)31-25(19)22)17-10-8-7-9-16(17)23(21)29-15/h7-10,14-15,19,25H,11-13H2,1-6H3/t14?,15?,19-,25+/m1/s1. The molecule has 0 aromatic heterocycles. The molecule has 1 fully saturated rings. The minimum atomic E-state index is -1.93. The van der Waals surface area contributed by atoms with Crippen LogP contribution in [0.25, 0.3) is 10.8 Å². The number of Topliss-reactive ketones (excluding diaryl/α,β-unsaturated/α-hetero) is 1. The minimum Gasteiger partial charge on any atom is -0.488 e. The molecule has 5 rings (SSSR count). The summed E-state index contributed by atoms with van der Waals surface area (Å²) in [5.74, 6) is 0.945. The summed E-state index contributed by atoms with van der Waals surface area (Å²) in [7, 11) is -1.93. The molecule has 3 aliphatic heterocycles. The second kappa shape index (κ2) is 7.57. The zero-order chi connectivity index (χ0) is 23.7. The van der Waals surface area contributed by atoms with Crippen LogP contribution in [-0.2, 0) is 14.0 Å². The Balaban J connectivity index is 1.49. The highest BCUT2D eigenvalue weighted by Gasteiger charge is 2.49. The van der Waals surface area contributed by atoms with Crippen LogP contribution < -0.4 is 9.47 Å². The van der Waals surface area contributed by atoms with Crippen LogP contribution in [-0.4, -0.2) is 38.4 Å². The predicted octanol–water partition coefficient (Wildman–Crippen LogP) is 5.72. The Labute approximate surface area is 195 Å². The van der Waals surface area contributed by atoms with Crippen LogP contribution in [0.15, 0.2) is 24.3 Å². The van der Waals surface area contributed by atoms with Gasteiger partial charge in [-0.15, -0.1) is 0 Å². The fraction of sp³-hybridized carbons (Fsp3) is 0.538. The summed E-state index contributed by atoms with van der Waals surface area (Å²) in [5.41, 5.74) is 1.19. The molecule has 0 saturated carbocycles. The lowest BCUT2D eigenvalue weighted by atomic mass is 9.88. The fourth-order valence-electron chi connectivity index (χ4n) is 4.98. The molecule has 2 aromatic carbocycles. The predicted molar refractivity (Wildman–Crippen MR) is 128 cm³/mol. The number of esters is 1. The van der Waals surface area contributed by atoms with Crippen molar-refractivity contribution in [3.8, 4) is 11.5 Å². The SMILES string of the molecule is CC(CC1CC(=O)c2c3c(c4ccccc4c2O1)O[C@@H]1CC(=O)O[C@H]31)O[Si](C)(C)C(C)(C)C. The summed E-state index contributed by atoms with van der Waals surface area (Å²) < 4.78 is 24.7. The third-order valence-corrected chi connectivity index (χ3v) is 12.2. The van der Waals surface area contributed by atoms with Gasteiger partial charge in [0, 0.05) is 29.7 Å². The molecule has 6 nitrogen and oxygen atoms in total. The lowest BCUT2D eigenvalue weighted by Gasteiger charge is -2.39. The molecule has 4 atom stereocenters. The average molecular weight is 469 g/mol. The van der Waals surface area contributed by atoms with Crippen molar-refractivity contribution in [1.82, 2.24) is 0 Å². The van der Waals surface area contributed by atoms with E-state index in [4.69, 9.17) is 18.6 Å². The fourth-order valence-corrected chi connectivity index (χ4v) is 6.43. The van der Waals surface area contributed by atoms with Crippen molar-refractivity contribution in [3.05, 3.63) is 35.4 Å². The van der Waals surface area contributed by atoms with Crippen LogP contribution in [0.2, 0.25) is 18.1 Å². The first-order valence-corrected chi connectivity index (χ1v) is 14.7. The Kier molecular flexibility index (Phi) is 5.14. The zero-order valence-electron chi connectivity index (χ0n) is 20.2. The van der Waals surface area contributed by atoms with Gasteiger partial charge in [0.15, 0.2) is 26.3 Å². The van der Waals surface area contributed by atoms with Gasteiger partial charge in [0.1, 0.15) is 17.6 Å². The molecule has 2 unspecified atom stereocenters. The minimum absolute atomic E-state index is 0.00924. The first-order chi connectivity index (χ1) is 15.5. The van der Waals surface area contributed by atoms with Gasteiger partial charge in [0.05, 0.1) is 17.5 Å².